The van der Waals surface area contributed by atoms with E-state index in [2.05, 4.69) is 46.3 Å². The van der Waals surface area contributed by atoms with Gasteiger partial charge >= 0.3 is 12.0 Å². The van der Waals surface area contributed by atoms with E-state index in [1.54, 1.807) is 14.0 Å². The zero-order valence-electron chi connectivity index (χ0n) is 17.7. The monoisotopic (exact) mass is 415 g/mol. The molecule has 3 heterocycles. The Bertz CT molecular complexity index is 829. The summed E-state index contributed by atoms with van der Waals surface area (Å²) in [6.45, 7) is 5.27. The first-order valence-corrected chi connectivity index (χ1v) is 10.6. The Morgan fingerprint density at radius 1 is 1.17 bits per heavy atom. The number of ether oxygens (including phenoxy) is 1. The third kappa shape index (κ3) is 3.41. The van der Waals surface area contributed by atoms with Gasteiger partial charge in [-0.05, 0) is 37.5 Å². The molecule has 0 aromatic heterocycles. The molecule has 0 aliphatic carbocycles. The second-order valence-corrected chi connectivity index (χ2v) is 7.86. The quantitative estimate of drug-likeness (QED) is 0.712. The molecule has 1 N–H and O–H groups in total. The topological polar surface area (TPSA) is 85.4 Å². The summed E-state index contributed by atoms with van der Waals surface area (Å²) in [5.74, 6) is -0.931. The van der Waals surface area contributed by atoms with Gasteiger partial charge in [0.1, 0.15) is 25.0 Å². The lowest BCUT2D eigenvalue weighted by Gasteiger charge is -2.43. The number of carbonyl (C=O) groups excluding carboxylic acids is 3. The molecule has 162 valence electrons. The van der Waals surface area contributed by atoms with E-state index < -0.39 is 24.2 Å². The van der Waals surface area contributed by atoms with Crippen LogP contribution in [0.25, 0.3) is 0 Å². The van der Waals surface area contributed by atoms with Crippen LogP contribution in [-0.4, -0.2) is 84.4 Å². The summed E-state index contributed by atoms with van der Waals surface area (Å²) in [5.41, 5.74) is 2.36. The molecule has 0 radical (unpaired) electrons. The van der Waals surface area contributed by atoms with Crippen molar-refractivity contribution in [1.29, 1.82) is 0 Å². The van der Waals surface area contributed by atoms with E-state index in [0.717, 1.165) is 36.5 Å². The third-order valence-electron chi connectivity index (χ3n) is 6.14. The van der Waals surface area contributed by atoms with Crippen LogP contribution >= 0.6 is 0 Å². The Balaban J connectivity index is 1.59. The lowest BCUT2D eigenvalue weighted by molar-refractivity contribution is -0.151. The highest BCUT2D eigenvalue weighted by Gasteiger charge is 2.56. The van der Waals surface area contributed by atoms with E-state index >= 15 is 0 Å². The molecule has 0 bridgehead atoms. The summed E-state index contributed by atoms with van der Waals surface area (Å²) in [6.07, 6.45) is 1.25. The average Bonchev–Trinajstić information content (AvgIpc) is 3.15. The van der Waals surface area contributed by atoms with Crippen molar-refractivity contribution < 1.29 is 19.1 Å². The van der Waals surface area contributed by atoms with Gasteiger partial charge in [0.25, 0.3) is 5.91 Å². The van der Waals surface area contributed by atoms with Crippen molar-refractivity contribution in [3.8, 4) is 0 Å². The fourth-order valence-corrected chi connectivity index (χ4v) is 4.59. The van der Waals surface area contributed by atoms with E-state index in [1.165, 1.54) is 10.5 Å². The molecule has 9 heteroatoms. The maximum absolute atomic E-state index is 13.3. The predicted molar refractivity (Wildman–Crippen MR) is 110 cm³/mol. The van der Waals surface area contributed by atoms with Crippen LogP contribution in [0.15, 0.2) is 24.3 Å². The van der Waals surface area contributed by atoms with Crippen molar-refractivity contribution in [1.82, 2.24) is 20.0 Å². The molecule has 3 fully saturated rings. The fourth-order valence-electron chi connectivity index (χ4n) is 4.59. The number of amides is 3. The molecule has 1 aromatic rings. The maximum Gasteiger partial charge on any atom is 0.328 e. The van der Waals surface area contributed by atoms with Crippen molar-refractivity contribution in [3.05, 3.63) is 29.8 Å². The maximum atomic E-state index is 13.3. The number of urea groups is 1. The Labute approximate surface area is 176 Å². The van der Waals surface area contributed by atoms with Gasteiger partial charge in [-0.15, -0.1) is 0 Å². The van der Waals surface area contributed by atoms with E-state index in [4.69, 9.17) is 4.74 Å². The number of aryl methyl sites for hydroxylation is 1. The number of nitrogens with one attached hydrogen (secondary N) is 1. The summed E-state index contributed by atoms with van der Waals surface area (Å²) in [7, 11) is 1.66. The zero-order chi connectivity index (χ0) is 21.4. The van der Waals surface area contributed by atoms with Crippen molar-refractivity contribution in [2.45, 2.75) is 45.2 Å². The van der Waals surface area contributed by atoms with Gasteiger partial charge in [0.2, 0.25) is 0 Å². The number of benzene rings is 1. The molecule has 3 aliphatic rings. The molecule has 0 spiro atoms. The van der Waals surface area contributed by atoms with E-state index in [1.807, 2.05) is 0 Å². The minimum absolute atomic E-state index is 0.192. The lowest BCUT2D eigenvalue weighted by atomic mass is 10.1. The average molecular weight is 415 g/mol. The highest BCUT2D eigenvalue weighted by Crippen LogP contribution is 2.33. The summed E-state index contributed by atoms with van der Waals surface area (Å²) in [5, 5.41) is 3.47. The van der Waals surface area contributed by atoms with Crippen molar-refractivity contribution in [3.63, 3.8) is 0 Å². The molecule has 3 aliphatic heterocycles. The number of likely N-dealkylation sites (N-methyl/N-ethyl adjacent to an activating group) is 1. The molecule has 3 atom stereocenters. The molecule has 3 amide bonds. The van der Waals surface area contributed by atoms with E-state index in [-0.39, 0.29) is 25.3 Å². The lowest BCUT2D eigenvalue weighted by Crippen LogP contribution is -2.67. The number of rotatable bonds is 5. The minimum atomic E-state index is -0.579. The zero-order valence-corrected chi connectivity index (χ0v) is 17.7. The van der Waals surface area contributed by atoms with Gasteiger partial charge in [0.05, 0.1) is 6.61 Å². The SMILES string of the molecule is CCOC(=O)CN1C(=O)C2C(NC3N(c4ccc(CC)cc4)CCCN23)N(C)C1=O. The number of hydrogen-bond donors (Lipinski definition) is 1. The van der Waals surface area contributed by atoms with Gasteiger partial charge in [0.15, 0.2) is 0 Å². The second-order valence-electron chi connectivity index (χ2n) is 7.86. The van der Waals surface area contributed by atoms with Crippen LogP contribution in [0, 0.1) is 0 Å². The highest BCUT2D eigenvalue weighted by molar-refractivity contribution is 6.02. The van der Waals surface area contributed by atoms with Gasteiger partial charge in [-0.25, -0.2) is 4.79 Å². The van der Waals surface area contributed by atoms with E-state index in [9.17, 15) is 14.4 Å². The largest absolute Gasteiger partial charge is 0.465 e. The molecule has 3 saturated heterocycles. The Hall–Kier alpha value is -2.65. The van der Waals surface area contributed by atoms with Gasteiger partial charge in [0, 0.05) is 25.8 Å². The molecule has 3 unspecified atom stereocenters. The minimum Gasteiger partial charge on any atom is -0.465 e. The molecular formula is C21H29N5O4. The predicted octanol–water partition coefficient (Wildman–Crippen LogP) is 0.800. The number of anilines is 1. The molecule has 9 nitrogen and oxygen atoms in total. The fraction of sp³-hybridized carbons (Fsp3) is 0.571. The van der Waals surface area contributed by atoms with E-state index in [0.29, 0.717) is 0 Å². The van der Waals surface area contributed by atoms with Crippen molar-refractivity contribution >= 4 is 23.6 Å². The number of esters is 1. The number of carbonyl (C=O) groups is 3. The van der Waals surface area contributed by atoms with Crippen LogP contribution in [0.4, 0.5) is 10.5 Å². The molecule has 0 saturated carbocycles. The van der Waals surface area contributed by atoms with Gasteiger partial charge in [-0.1, -0.05) is 19.1 Å². The second kappa shape index (κ2) is 8.23. The standard InChI is InChI=1S/C21H29N5O4/c1-4-14-7-9-15(10-8-14)24-11-6-12-25-17-18(22-20(24)25)23(3)21(29)26(19(17)28)13-16(27)30-5-2/h7-10,17-18,20,22H,4-6,11-13H2,1-3H3. The normalized spacial score (nSPS) is 26.6. The Morgan fingerprint density at radius 3 is 2.57 bits per heavy atom. The first-order valence-electron chi connectivity index (χ1n) is 10.6. The number of nitrogens with zero attached hydrogens (tertiary/aromatic N) is 4. The van der Waals surface area contributed by atoms with Crippen LogP contribution in [-0.2, 0) is 20.7 Å². The van der Waals surface area contributed by atoms with Crippen LogP contribution in [0.3, 0.4) is 0 Å². The number of fused-ring (bicyclic) bond motifs is 3. The van der Waals surface area contributed by atoms with Crippen LogP contribution in [0.2, 0.25) is 0 Å². The summed E-state index contributed by atoms with van der Waals surface area (Å²) in [6, 6.07) is 7.44. The molecule has 4 rings (SSSR count). The summed E-state index contributed by atoms with van der Waals surface area (Å²) < 4.78 is 4.95. The van der Waals surface area contributed by atoms with Gasteiger partial charge in [-0.2, -0.15) is 0 Å². The summed E-state index contributed by atoms with van der Waals surface area (Å²) >= 11 is 0. The van der Waals surface area contributed by atoms with Crippen LogP contribution in [0.1, 0.15) is 25.8 Å². The Kier molecular flexibility index (Phi) is 5.66. The van der Waals surface area contributed by atoms with Gasteiger partial charge in [-0.3, -0.25) is 24.7 Å². The number of hydrogen-bond acceptors (Lipinski definition) is 7. The van der Waals surface area contributed by atoms with Crippen LogP contribution in [0.5, 0.6) is 0 Å². The highest BCUT2D eigenvalue weighted by atomic mass is 16.5. The van der Waals surface area contributed by atoms with Crippen molar-refractivity contribution in [2.24, 2.45) is 0 Å². The van der Waals surface area contributed by atoms with Gasteiger partial charge < -0.3 is 14.5 Å². The molecule has 1 aromatic carbocycles. The Morgan fingerprint density at radius 2 is 1.90 bits per heavy atom. The van der Waals surface area contributed by atoms with Crippen LogP contribution < -0.4 is 10.2 Å². The first-order chi connectivity index (χ1) is 14.5. The first kappa shape index (κ1) is 20.6. The summed E-state index contributed by atoms with van der Waals surface area (Å²) in [4.78, 5) is 44.9. The molecular weight excluding hydrogens is 386 g/mol. The number of imide groups is 1. The smallest absolute Gasteiger partial charge is 0.328 e. The van der Waals surface area contributed by atoms with Crippen molar-refractivity contribution in [2.75, 3.05) is 38.2 Å². The molecule has 30 heavy (non-hydrogen) atoms. The third-order valence-corrected chi connectivity index (χ3v) is 6.14.